The summed E-state index contributed by atoms with van der Waals surface area (Å²) in [5.74, 6) is -3.61. The van der Waals surface area contributed by atoms with Crippen molar-refractivity contribution in [2.75, 3.05) is 24.2 Å². The van der Waals surface area contributed by atoms with Crippen LogP contribution in [0.25, 0.3) is 0 Å². The normalized spacial score (nSPS) is 19.3. The highest BCUT2D eigenvalue weighted by Crippen LogP contribution is 2.34. The van der Waals surface area contributed by atoms with Crippen molar-refractivity contribution in [2.45, 2.75) is 35.2 Å². The molecule has 1 aromatic carbocycles. The van der Waals surface area contributed by atoms with Crippen LogP contribution in [0.15, 0.2) is 23.1 Å². The third kappa shape index (κ3) is 3.97. The van der Waals surface area contributed by atoms with Crippen LogP contribution >= 0.6 is 11.8 Å². The van der Waals surface area contributed by atoms with Gasteiger partial charge in [-0.15, -0.1) is 0 Å². The van der Waals surface area contributed by atoms with Crippen molar-refractivity contribution in [2.24, 2.45) is 0 Å². The Hall–Kier alpha value is -1.42. The molecule has 134 valence electrons. The zero-order valence-electron chi connectivity index (χ0n) is 13.0. The van der Waals surface area contributed by atoms with E-state index < -0.39 is 31.1 Å². The summed E-state index contributed by atoms with van der Waals surface area (Å²) in [4.78, 5) is 11.7. The lowest BCUT2D eigenvalue weighted by Crippen LogP contribution is -2.30. The first-order valence-electron chi connectivity index (χ1n) is 7.35. The maximum atomic E-state index is 12.7. The standard InChI is InChI=1S/C14H18F2N2O4S2/c1-23-10-4-2-3-7-17(9-10)12-6-5-11(8-13(12)18(19)20)24(21,22)14(15)16/h5-6,8,10,14H,2-4,7,9H2,1H3. The molecule has 1 aliphatic heterocycles. The zero-order valence-corrected chi connectivity index (χ0v) is 14.7. The quantitative estimate of drug-likeness (QED) is 0.576. The maximum Gasteiger partial charge on any atom is 0.341 e. The average Bonchev–Trinajstić information content (AvgIpc) is 2.79. The molecule has 1 unspecified atom stereocenters. The number of nitro benzene ring substituents is 1. The van der Waals surface area contributed by atoms with Crippen LogP contribution in [0.1, 0.15) is 19.3 Å². The van der Waals surface area contributed by atoms with Crippen molar-refractivity contribution < 1.29 is 22.1 Å². The van der Waals surface area contributed by atoms with Crippen LogP contribution < -0.4 is 4.90 Å². The molecule has 0 aliphatic carbocycles. The largest absolute Gasteiger partial charge is 0.365 e. The van der Waals surface area contributed by atoms with Crippen LogP contribution in [-0.4, -0.2) is 43.7 Å². The molecule has 0 spiro atoms. The first-order chi connectivity index (χ1) is 11.3. The zero-order chi connectivity index (χ0) is 17.9. The van der Waals surface area contributed by atoms with Crippen molar-refractivity contribution in [1.82, 2.24) is 0 Å². The number of nitro groups is 1. The summed E-state index contributed by atoms with van der Waals surface area (Å²) < 4.78 is 48.4. The molecule has 0 saturated carbocycles. The minimum Gasteiger partial charge on any atom is -0.365 e. The molecule has 1 aromatic rings. The Morgan fingerprint density at radius 2 is 2.08 bits per heavy atom. The predicted octanol–water partition coefficient (Wildman–Crippen LogP) is 3.31. The van der Waals surface area contributed by atoms with E-state index in [0.29, 0.717) is 18.3 Å². The number of halogens is 2. The second kappa shape index (κ2) is 7.64. The number of benzene rings is 1. The Morgan fingerprint density at radius 3 is 2.67 bits per heavy atom. The van der Waals surface area contributed by atoms with E-state index in [9.17, 15) is 27.3 Å². The number of rotatable bonds is 5. The Kier molecular flexibility index (Phi) is 6.02. The lowest BCUT2D eigenvalue weighted by molar-refractivity contribution is -0.384. The highest BCUT2D eigenvalue weighted by Gasteiger charge is 2.31. The van der Waals surface area contributed by atoms with Gasteiger partial charge in [-0.25, -0.2) is 8.42 Å². The average molecular weight is 380 g/mol. The van der Waals surface area contributed by atoms with Gasteiger partial charge in [-0.3, -0.25) is 10.1 Å². The van der Waals surface area contributed by atoms with Crippen molar-refractivity contribution in [1.29, 1.82) is 0 Å². The first-order valence-corrected chi connectivity index (χ1v) is 10.2. The van der Waals surface area contributed by atoms with E-state index in [2.05, 4.69) is 0 Å². The summed E-state index contributed by atoms with van der Waals surface area (Å²) in [6, 6.07) is 3.01. The van der Waals surface area contributed by atoms with E-state index in [1.54, 1.807) is 11.8 Å². The molecule has 0 N–H and O–H groups in total. The summed E-state index contributed by atoms with van der Waals surface area (Å²) in [5, 5.41) is 11.7. The molecule has 1 atom stereocenters. The SMILES string of the molecule is CSC1CCCCN(c2ccc(S(=O)(=O)C(F)F)cc2[N+](=O)[O-])C1. The molecule has 0 amide bonds. The van der Waals surface area contributed by atoms with Crippen LogP contribution in [0.3, 0.4) is 0 Å². The molecule has 10 heteroatoms. The van der Waals surface area contributed by atoms with E-state index in [1.807, 2.05) is 11.2 Å². The van der Waals surface area contributed by atoms with Crippen LogP contribution in [0.5, 0.6) is 0 Å². The Labute approximate surface area is 143 Å². The van der Waals surface area contributed by atoms with Crippen molar-refractivity contribution >= 4 is 33.0 Å². The summed E-state index contributed by atoms with van der Waals surface area (Å²) in [6.45, 7) is 1.21. The molecule has 0 radical (unpaired) electrons. The Morgan fingerprint density at radius 1 is 1.38 bits per heavy atom. The van der Waals surface area contributed by atoms with E-state index in [-0.39, 0.29) is 5.69 Å². The maximum absolute atomic E-state index is 12.7. The fourth-order valence-corrected chi connectivity index (χ4v) is 4.18. The van der Waals surface area contributed by atoms with Gasteiger partial charge in [0.1, 0.15) is 5.69 Å². The van der Waals surface area contributed by atoms with Crippen molar-refractivity contribution in [3.63, 3.8) is 0 Å². The lowest BCUT2D eigenvalue weighted by atomic mass is 10.2. The Bertz CT molecular complexity index is 713. The smallest absolute Gasteiger partial charge is 0.341 e. The topological polar surface area (TPSA) is 80.5 Å². The van der Waals surface area contributed by atoms with E-state index in [1.165, 1.54) is 6.07 Å². The summed E-state index contributed by atoms with van der Waals surface area (Å²) in [7, 11) is -4.86. The fraction of sp³-hybridized carbons (Fsp3) is 0.571. The fourth-order valence-electron chi connectivity index (χ4n) is 2.71. The highest BCUT2D eigenvalue weighted by molar-refractivity contribution is 7.99. The number of hydrogen-bond donors (Lipinski definition) is 0. The molecule has 1 saturated heterocycles. The van der Waals surface area contributed by atoms with E-state index in [0.717, 1.165) is 31.4 Å². The summed E-state index contributed by atoms with van der Waals surface area (Å²) in [6.07, 6.45) is 4.85. The monoisotopic (exact) mass is 380 g/mol. The molecular weight excluding hydrogens is 362 g/mol. The molecule has 0 bridgehead atoms. The van der Waals surface area contributed by atoms with Gasteiger partial charge in [0.05, 0.1) is 9.82 Å². The molecule has 2 rings (SSSR count). The number of thioether (sulfide) groups is 1. The second-order valence-electron chi connectivity index (χ2n) is 5.51. The molecule has 1 fully saturated rings. The van der Waals surface area contributed by atoms with Gasteiger partial charge < -0.3 is 4.90 Å². The van der Waals surface area contributed by atoms with Gasteiger partial charge in [0, 0.05) is 24.4 Å². The van der Waals surface area contributed by atoms with Crippen LogP contribution in [0.4, 0.5) is 20.2 Å². The van der Waals surface area contributed by atoms with Gasteiger partial charge in [-0.05, 0) is 31.2 Å². The molecule has 24 heavy (non-hydrogen) atoms. The second-order valence-corrected chi connectivity index (χ2v) is 8.57. The van der Waals surface area contributed by atoms with Crippen LogP contribution in [0, 0.1) is 10.1 Å². The van der Waals surface area contributed by atoms with Crippen molar-refractivity contribution in [3.05, 3.63) is 28.3 Å². The minimum atomic E-state index is -4.86. The van der Waals surface area contributed by atoms with Gasteiger partial charge >= 0.3 is 5.76 Å². The number of sulfone groups is 1. The number of nitrogens with zero attached hydrogens (tertiary/aromatic N) is 2. The van der Waals surface area contributed by atoms with Crippen LogP contribution in [0.2, 0.25) is 0 Å². The molecule has 1 heterocycles. The summed E-state index contributed by atoms with van der Waals surface area (Å²) in [5.41, 5.74) is -0.187. The van der Waals surface area contributed by atoms with Gasteiger partial charge in [-0.1, -0.05) is 6.42 Å². The predicted molar refractivity (Wildman–Crippen MR) is 89.7 cm³/mol. The number of alkyl halides is 2. The van der Waals surface area contributed by atoms with E-state index >= 15 is 0 Å². The van der Waals surface area contributed by atoms with Gasteiger partial charge in [0.25, 0.3) is 5.69 Å². The minimum absolute atomic E-state index is 0.272. The highest BCUT2D eigenvalue weighted by atomic mass is 32.2. The van der Waals surface area contributed by atoms with Crippen LogP contribution in [-0.2, 0) is 9.84 Å². The summed E-state index contributed by atoms with van der Waals surface area (Å²) >= 11 is 1.68. The van der Waals surface area contributed by atoms with E-state index in [4.69, 9.17) is 0 Å². The molecule has 1 aliphatic rings. The lowest BCUT2D eigenvalue weighted by Gasteiger charge is -2.25. The Balaban J connectivity index is 2.45. The van der Waals surface area contributed by atoms with Crippen molar-refractivity contribution in [3.8, 4) is 0 Å². The molecule has 0 aromatic heterocycles. The third-order valence-electron chi connectivity index (χ3n) is 4.01. The first kappa shape index (κ1) is 18.9. The molecule has 6 nitrogen and oxygen atoms in total. The number of anilines is 1. The van der Waals surface area contributed by atoms with Gasteiger partial charge in [0.15, 0.2) is 0 Å². The number of hydrogen-bond acceptors (Lipinski definition) is 6. The third-order valence-corrected chi connectivity index (χ3v) is 6.44. The molecular formula is C14H18F2N2O4S2. The van der Waals surface area contributed by atoms with Gasteiger partial charge in [-0.2, -0.15) is 20.5 Å². The van der Waals surface area contributed by atoms with Gasteiger partial charge in [0.2, 0.25) is 9.84 Å².